The summed E-state index contributed by atoms with van der Waals surface area (Å²) < 4.78 is 15.2. The molecule has 30 heavy (non-hydrogen) atoms. The molecule has 1 N–H and O–H groups in total. The number of methoxy groups -OCH3 is 1. The minimum absolute atomic E-state index is 0.132. The lowest BCUT2D eigenvalue weighted by atomic mass is 9.88. The number of anilines is 1. The van der Waals surface area contributed by atoms with Crippen molar-refractivity contribution in [2.24, 2.45) is 5.92 Å². The van der Waals surface area contributed by atoms with E-state index in [1.54, 1.807) is 12.3 Å². The van der Waals surface area contributed by atoms with Gasteiger partial charge in [0.25, 0.3) is 5.91 Å². The smallest absolute Gasteiger partial charge is 0.358 e. The molecule has 0 radical (unpaired) electrons. The third-order valence-electron chi connectivity index (χ3n) is 4.61. The summed E-state index contributed by atoms with van der Waals surface area (Å²) in [4.78, 5) is 42.2. The summed E-state index contributed by atoms with van der Waals surface area (Å²) in [5, 5.41) is 5.37. The van der Waals surface area contributed by atoms with E-state index in [9.17, 15) is 14.4 Å². The molecule has 2 aromatic rings. The lowest BCUT2D eigenvalue weighted by Gasteiger charge is -2.18. The quantitative estimate of drug-likeness (QED) is 0.612. The number of carbonyl (C=O) groups is 3. The summed E-state index contributed by atoms with van der Waals surface area (Å²) in [7, 11) is 1.54. The molecule has 2 heterocycles. The summed E-state index contributed by atoms with van der Waals surface area (Å²) in [5.74, 6) is -1.12. The zero-order valence-corrected chi connectivity index (χ0v) is 18.7. The van der Waals surface area contributed by atoms with Crippen LogP contribution in [0.1, 0.15) is 56.6 Å². The standard InChI is InChI=1S/C20H24N2O6S2/c1-4-27-20(25)17-12-6-5-11(2)7-14(12)30-18(17)22-15(23)8-28-19(24)13-10-29-16(21-13)9-26-3/h10-11H,4-9H2,1-3H3,(H,22,23). The maximum absolute atomic E-state index is 12.5. The highest BCUT2D eigenvalue weighted by atomic mass is 32.1. The molecule has 2 aromatic heterocycles. The molecule has 0 spiro atoms. The van der Waals surface area contributed by atoms with Gasteiger partial charge in [-0.2, -0.15) is 0 Å². The first-order chi connectivity index (χ1) is 14.4. The monoisotopic (exact) mass is 452 g/mol. The Morgan fingerprint density at radius 1 is 1.27 bits per heavy atom. The number of hydrogen-bond acceptors (Lipinski definition) is 9. The second-order valence-electron chi connectivity index (χ2n) is 6.96. The molecule has 8 nitrogen and oxygen atoms in total. The van der Waals surface area contributed by atoms with Gasteiger partial charge in [0.2, 0.25) is 0 Å². The fraction of sp³-hybridized carbons (Fsp3) is 0.500. The average molecular weight is 453 g/mol. The summed E-state index contributed by atoms with van der Waals surface area (Å²) in [6.45, 7) is 3.99. The van der Waals surface area contributed by atoms with E-state index in [1.807, 2.05) is 0 Å². The number of rotatable bonds is 8. The third-order valence-corrected chi connectivity index (χ3v) is 6.60. The molecule has 0 aromatic carbocycles. The molecule has 1 unspecified atom stereocenters. The van der Waals surface area contributed by atoms with E-state index in [0.29, 0.717) is 28.1 Å². The van der Waals surface area contributed by atoms with Crippen molar-refractivity contribution in [2.45, 2.75) is 39.7 Å². The predicted molar refractivity (Wildman–Crippen MR) is 113 cm³/mol. The Balaban J connectivity index is 1.66. The lowest BCUT2D eigenvalue weighted by Crippen LogP contribution is -2.22. The molecule has 1 aliphatic carbocycles. The number of esters is 2. The number of fused-ring (bicyclic) bond motifs is 1. The molecule has 10 heteroatoms. The van der Waals surface area contributed by atoms with E-state index >= 15 is 0 Å². The van der Waals surface area contributed by atoms with E-state index < -0.39 is 24.5 Å². The molecular weight excluding hydrogens is 428 g/mol. The number of nitrogens with one attached hydrogen (secondary N) is 1. The number of aromatic nitrogens is 1. The largest absolute Gasteiger partial charge is 0.462 e. The van der Waals surface area contributed by atoms with Crippen LogP contribution in [0.4, 0.5) is 5.00 Å². The molecule has 162 valence electrons. The highest BCUT2D eigenvalue weighted by molar-refractivity contribution is 7.17. The van der Waals surface area contributed by atoms with Gasteiger partial charge < -0.3 is 19.5 Å². The maximum atomic E-state index is 12.5. The molecule has 0 fully saturated rings. The molecule has 0 bridgehead atoms. The van der Waals surface area contributed by atoms with Crippen LogP contribution in [0.3, 0.4) is 0 Å². The first-order valence-corrected chi connectivity index (χ1v) is 11.3. The number of thiophene rings is 1. The van der Waals surface area contributed by atoms with Crippen LogP contribution in [0.2, 0.25) is 0 Å². The van der Waals surface area contributed by atoms with E-state index in [0.717, 1.165) is 29.7 Å². The maximum Gasteiger partial charge on any atom is 0.358 e. The fourth-order valence-electron chi connectivity index (χ4n) is 3.22. The van der Waals surface area contributed by atoms with Crippen LogP contribution in [-0.2, 0) is 38.5 Å². The van der Waals surface area contributed by atoms with Gasteiger partial charge in [0.05, 0.1) is 18.8 Å². The number of amides is 1. The van der Waals surface area contributed by atoms with Gasteiger partial charge in [0.1, 0.15) is 10.0 Å². The Morgan fingerprint density at radius 2 is 2.07 bits per heavy atom. The Hall–Kier alpha value is -2.30. The average Bonchev–Trinajstić information content (AvgIpc) is 3.30. The van der Waals surface area contributed by atoms with Crippen LogP contribution < -0.4 is 5.32 Å². The minimum Gasteiger partial charge on any atom is -0.462 e. The zero-order chi connectivity index (χ0) is 21.7. The minimum atomic E-state index is -0.686. The predicted octanol–water partition coefficient (Wildman–Crippen LogP) is 3.45. The number of ether oxygens (including phenoxy) is 3. The van der Waals surface area contributed by atoms with Gasteiger partial charge in [-0.1, -0.05) is 6.92 Å². The molecule has 3 rings (SSSR count). The van der Waals surface area contributed by atoms with E-state index in [-0.39, 0.29) is 12.3 Å². The molecule has 1 aliphatic rings. The van der Waals surface area contributed by atoms with Crippen molar-refractivity contribution in [3.05, 3.63) is 32.1 Å². The molecular formula is C20H24N2O6S2. The van der Waals surface area contributed by atoms with E-state index in [2.05, 4.69) is 17.2 Å². The van der Waals surface area contributed by atoms with Crippen molar-refractivity contribution in [2.75, 3.05) is 25.6 Å². The number of carbonyl (C=O) groups excluding carboxylic acids is 3. The second-order valence-corrected chi connectivity index (χ2v) is 9.01. The topological polar surface area (TPSA) is 104 Å². The number of hydrogen-bond donors (Lipinski definition) is 1. The van der Waals surface area contributed by atoms with Crippen molar-refractivity contribution in [1.29, 1.82) is 0 Å². The Labute approximate surface area is 182 Å². The lowest BCUT2D eigenvalue weighted by molar-refractivity contribution is -0.119. The SMILES string of the molecule is CCOC(=O)c1c(NC(=O)COC(=O)c2csc(COC)n2)sc2c1CCC(C)C2. The summed E-state index contributed by atoms with van der Waals surface area (Å²) in [6.07, 6.45) is 2.63. The second kappa shape index (κ2) is 10.1. The van der Waals surface area contributed by atoms with Crippen molar-refractivity contribution in [1.82, 2.24) is 4.98 Å². The van der Waals surface area contributed by atoms with Crippen LogP contribution in [0.15, 0.2) is 5.38 Å². The Kier molecular flexibility index (Phi) is 7.57. The summed E-state index contributed by atoms with van der Waals surface area (Å²) >= 11 is 2.67. The first kappa shape index (κ1) is 22.4. The van der Waals surface area contributed by atoms with Crippen molar-refractivity contribution >= 4 is 45.5 Å². The number of nitrogens with zero attached hydrogens (tertiary/aromatic N) is 1. The Morgan fingerprint density at radius 3 is 2.80 bits per heavy atom. The van der Waals surface area contributed by atoms with Crippen LogP contribution in [0, 0.1) is 5.92 Å². The zero-order valence-electron chi connectivity index (χ0n) is 17.1. The summed E-state index contributed by atoms with van der Waals surface area (Å²) in [5.41, 5.74) is 1.51. The highest BCUT2D eigenvalue weighted by Gasteiger charge is 2.29. The summed E-state index contributed by atoms with van der Waals surface area (Å²) in [6, 6.07) is 0. The molecule has 1 amide bonds. The fourth-order valence-corrected chi connectivity index (χ4v) is 5.37. The Bertz CT molecular complexity index is 936. The molecule has 0 saturated heterocycles. The van der Waals surface area contributed by atoms with Gasteiger partial charge in [-0.3, -0.25) is 4.79 Å². The van der Waals surface area contributed by atoms with Crippen molar-refractivity contribution in [3.8, 4) is 0 Å². The van der Waals surface area contributed by atoms with E-state index in [1.165, 1.54) is 29.8 Å². The van der Waals surface area contributed by atoms with Crippen LogP contribution in [0.5, 0.6) is 0 Å². The van der Waals surface area contributed by atoms with Crippen molar-refractivity contribution in [3.63, 3.8) is 0 Å². The van der Waals surface area contributed by atoms with Gasteiger partial charge in [-0.15, -0.1) is 22.7 Å². The highest BCUT2D eigenvalue weighted by Crippen LogP contribution is 2.40. The van der Waals surface area contributed by atoms with Gasteiger partial charge in [0.15, 0.2) is 12.3 Å². The van der Waals surface area contributed by atoms with Crippen LogP contribution in [-0.4, -0.2) is 43.2 Å². The van der Waals surface area contributed by atoms with Gasteiger partial charge >= 0.3 is 11.9 Å². The normalized spacial score (nSPS) is 15.4. The van der Waals surface area contributed by atoms with Gasteiger partial charge in [0, 0.05) is 17.4 Å². The van der Waals surface area contributed by atoms with Crippen LogP contribution >= 0.6 is 22.7 Å². The van der Waals surface area contributed by atoms with Crippen LogP contribution in [0.25, 0.3) is 0 Å². The molecule has 0 aliphatic heterocycles. The first-order valence-electron chi connectivity index (χ1n) is 9.64. The molecule has 0 saturated carbocycles. The van der Waals surface area contributed by atoms with Crippen molar-refractivity contribution < 1.29 is 28.6 Å². The number of thiazole rings is 1. The van der Waals surface area contributed by atoms with Gasteiger partial charge in [-0.05, 0) is 37.7 Å². The third kappa shape index (κ3) is 5.24. The molecule has 1 atom stereocenters. The van der Waals surface area contributed by atoms with Gasteiger partial charge in [-0.25, -0.2) is 14.6 Å². The van der Waals surface area contributed by atoms with E-state index in [4.69, 9.17) is 14.2 Å².